The molecule has 0 aliphatic rings. The fourth-order valence-corrected chi connectivity index (χ4v) is 1.06. The van der Waals surface area contributed by atoms with E-state index in [-0.39, 0.29) is 10.4 Å². The van der Waals surface area contributed by atoms with E-state index < -0.39 is 12.6 Å². The molecule has 0 aromatic carbocycles. The highest BCUT2D eigenvalue weighted by Crippen LogP contribution is 2.19. The highest BCUT2D eigenvalue weighted by molar-refractivity contribution is 9.10. The van der Waals surface area contributed by atoms with Gasteiger partial charge < -0.3 is 15.1 Å². The van der Waals surface area contributed by atoms with Crippen molar-refractivity contribution in [2.75, 3.05) is 6.61 Å². The van der Waals surface area contributed by atoms with Crippen LogP contribution in [0.1, 0.15) is 0 Å². The molecule has 1 N–H and O–H groups in total. The van der Waals surface area contributed by atoms with Crippen LogP contribution in [0.3, 0.4) is 0 Å². The van der Waals surface area contributed by atoms with Gasteiger partial charge >= 0.3 is 10.6 Å². The van der Waals surface area contributed by atoms with Gasteiger partial charge in [0.1, 0.15) is 0 Å². The van der Waals surface area contributed by atoms with E-state index in [1.807, 2.05) is 0 Å². The van der Waals surface area contributed by atoms with Crippen LogP contribution >= 0.6 is 15.9 Å². The van der Waals surface area contributed by atoms with Gasteiger partial charge in [-0.05, 0) is 6.07 Å². The summed E-state index contributed by atoms with van der Waals surface area (Å²) in [6.07, 6.45) is 1.28. The first kappa shape index (κ1) is 9.79. The molecular weight excluding hydrogens is 242 g/mol. The average Bonchev–Trinajstić information content (AvgIpc) is 2.07. The minimum atomic E-state index is -1.09. The topological polar surface area (TPSA) is 73.5 Å². The van der Waals surface area contributed by atoms with Gasteiger partial charge in [-0.1, -0.05) is 0 Å². The smallest absolute Gasteiger partial charge is 0.341 e. The van der Waals surface area contributed by atoms with E-state index in [2.05, 4.69) is 15.9 Å². The lowest BCUT2D eigenvalue weighted by Crippen LogP contribution is -2.27. The highest BCUT2D eigenvalue weighted by Gasteiger charge is 2.10. The Morgan fingerprint density at radius 1 is 1.77 bits per heavy atom. The molecule has 5 nitrogen and oxygen atoms in total. The van der Waals surface area contributed by atoms with Gasteiger partial charge in [0.2, 0.25) is 5.75 Å². The summed E-state index contributed by atoms with van der Waals surface area (Å²) in [4.78, 5) is 10.1. The molecule has 0 radical (unpaired) electrons. The second kappa shape index (κ2) is 4.08. The first-order valence-electron chi connectivity index (χ1n) is 3.33. The Morgan fingerprint density at radius 2 is 2.46 bits per heavy atom. The highest BCUT2D eigenvalue weighted by atomic mass is 79.9. The van der Waals surface area contributed by atoms with Crippen LogP contribution in [0.25, 0.3) is 0 Å². The van der Waals surface area contributed by atoms with Gasteiger partial charge in [0.05, 0.1) is 0 Å². The second-order valence-corrected chi connectivity index (χ2v) is 2.92. The third-order valence-electron chi connectivity index (χ3n) is 1.22. The summed E-state index contributed by atoms with van der Waals surface area (Å²) in [5.41, 5.74) is 0. The van der Waals surface area contributed by atoms with Crippen LogP contribution < -0.4 is 9.47 Å². The molecule has 1 rings (SSSR count). The number of carboxylic acids is 1. The Bertz CT molecular complexity index is 328. The van der Waals surface area contributed by atoms with E-state index in [4.69, 9.17) is 9.84 Å². The van der Waals surface area contributed by atoms with Crippen LogP contribution in [0, 0.1) is 5.21 Å². The standard InChI is InChI=1S/C7H6BrNO4/c8-7-5(13-4-6(10)11)2-1-3-9(7)12/h1-3H,4H2,(H,10,11). The van der Waals surface area contributed by atoms with Crippen molar-refractivity contribution in [1.82, 2.24) is 0 Å². The average molecular weight is 248 g/mol. The van der Waals surface area contributed by atoms with Crippen LogP contribution in [-0.2, 0) is 4.79 Å². The molecule has 1 aromatic rings. The van der Waals surface area contributed by atoms with Crippen molar-refractivity contribution in [2.24, 2.45) is 0 Å². The second-order valence-electron chi connectivity index (χ2n) is 2.17. The van der Waals surface area contributed by atoms with Crippen LogP contribution in [-0.4, -0.2) is 17.7 Å². The Hall–Kier alpha value is -1.30. The van der Waals surface area contributed by atoms with Gasteiger partial charge in [-0.3, -0.25) is 0 Å². The van der Waals surface area contributed by atoms with Crippen molar-refractivity contribution in [3.05, 3.63) is 28.1 Å². The molecule has 1 heterocycles. The molecule has 13 heavy (non-hydrogen) atoms. The number of ether oxygens (including phenoxy) is 1. The quantitative estimate of drug-likeness (QED) is 0.481. The van der Waals surface area contributed by atoms with E-state index in [0.717, 1.165) is 0 Å². The van der Waals surface area contributed by atoms with Gasteiger partial charge in [-0.15, -0.1) is 0 Å². The lowest BCUT2D eigenvalue weighted by molar-refractivity contribution is -0.617. The summed E-state index contributed by atoms with van der Waals surface area (Å²) in [6.45, 7) is -0.470. The zero-order valence-electron chi connectivity index (χ0n) is 6.44. The summed E-state index contributed by atoms with van der Waals surface area (Å²) in [5.74, 6) is -0.881. The zero-order valence-corrected chi connectivity index (χ0v) is 8.02. The van der Waals surface area contributed by atoms with Crippen molar-refractivity contribution in [1.29, 1.82) is 0 Å². The van der Waals surface area contributed by atoms with Crippen LogP contribution in [0.4, 0.5) is 0 Å². The minimum absolute atomic E-state index is 0.163. The number of rotatable bonds is 3. The van der Waals surface area contributed by atoms with Gasteiger partial charge in [0.25, 0.3) is 0 Å². The number of aromatic nitrogens is 1. The molecule has 0 atom stereocenters. The van der Waals surface area contributed by atoms with Gasteiger partial charge in [0.15, 0.2) is 12.8 Å². The maximum atomic E-state index is 10.9. The number of pyridine rings is 1. The van der Waals surface area contributed by atoms with Gasteiger partial charge in [0, 0.05) is 22.0 Å². The number of hydrogen-bond acceptors (Lipinski definition) is 3. The summed E-state index contributed by atoms with van der Waals surface area (Å²) in [6, 6.07) is 2.97. The number of halogens is 1. The molecule has 0 spiro atoms. The summed E-state index contributed by atoms with van der Waals surface area (Å²) in [5, 5.41) is 19.2. The summed E-state index contributed by atoms with van der Waals surface area (Å²) in [7, 11) is 0. The van der Waals surface area contributed by atoms with E-state index in [9.17, 15) is 10.0 Å². The third kappa shape index (κ3) is 2.59. The molecule has 0 saturated carbocycles. The molecule has 0 bridgehead atoms. The number of nitrogens with zero attached hydrogens (tertiary/aromatic N) is 1. The van der Waals surface area contributed by atoms with Gasteiger partial charge in [-0.25, -0.2) is 4.79 Å². The molecule has 0 fully saturated rings. The molecule has 1 aromatic heterocycles. The normalized spacial score (nSPS) is 9.62. The molecule has 70 valence electrons. The zero-order chi connectivity index (χ0) is 9.84. The van der Waals surface area contributed by atoms with E-state index in [1.54, 1.807) is 0 Å². The fourth-order valence-electron chi connectivity index (χ4n) is 0.699. The van der Waals surface area contributed by atoms with Crippen molar-refractivity contribution < 1.29 is 19.4 Å². The molecule has 0 amide bonds. The number of carboxylic acid groups (broad SMARTS) is 1. The van der Waals surface area contributed by atoms with Crippen molar-refractivity contribution in [2.45, 2.75) is 0 Å². The Kier molecular flexibility index (Phi) is 3.07. The molecule has 0 unspecified atom stereocenters. The summed E-state index contributed by atoms with van der Waals surface area (Å²) < 4.78 is 5.51. The minimum Gasteiger partial charge on any atom is -0.618 e. The lowest BCUT2D eigenvalue weighted by atomic mass is 10.5. The van der Waals surface area contributed by atoms with Crippen LogP contribution in [0.15, 0.2) is 22.9 Å². The predicted octanol–water partition coefficient (Wildman–Crippen LogP) is 0.546. The maximum absolute atomic E-state index is 10.9. The molecule has 0 aliphatic carbocycles. The molecule has 0 saturated heterocycles. The molecule has 0 aliphatic heterocycles. The van der Waals surface area contributed by atoms with E-state index in [1.165, 1.54) is 18.3 Å². The Morgan fingerprint density at radius 3 is 3.08 bits per heavy atom. The SMILES string of the molecule is O=C(O)COc1ccc[n+]([O-])c1Br. The molecular formula is C7H6BrNO4. The van der Waals surface area contributed by atoms with Crippen molar-refractivity contribution in [3.8, 4) is 5.75 Å². The largest absolute Gasteiger partial charge is 0.618 e. The lowest BCUT2D eigenvalue weighted by Gasteiger charge is -2.04. The van der Waals surface area contributed by atoms with E-state index >= 15 is 0 Å². The maximum Gasteiger partial charge on any atom is 0.341 e. The number of aliphatic carboxylic acids is 1. The molecule has 6 heteroatoms. The van der Waals surface area contributed by atoms with Crippen molar-refractivity contribution in [3.63, 3.8) is 0 Å². The summed E-state index contributed by atoms with van der Waals surface area (Å²) >= 11 is 2.96. The Labute approximate surface area is 82.3 Å². The Balaban J connectivity index is 2.77. The van der Waals surface area contributed by atoms with E-state index in [0.29, 0.717) is 4.73 Å². The third-order valence-corrected chi connectivity index (χ3v) is 1.96. The monoisotopic (exact) mass is 247 g/mol. The van der Waals surface area contributed by atoms with Crippen molar-refractivity contribution >= 4 is 21.9 Å². The number of hydrogen-bond donors (Lipinski definition) is 1. The van der Waals surface area contributed by atoms with Crippen LogP contribution in [0.5, 0.6) is 5.75 Å². The number of carbonyl (C=O) groups is 1. The first-order chi connectivity index (χ1) is 6.11. The predicted molar refractivity (Wildman–Crippen MR) is 46.2 cm³/mol. The first-order valence-corrected chi connectivity index (χ1v) is 4.13. The van der Waals surface area contributed by atoms with Crippen LogP contribution in [0.2, 0.25) is 0 Å². The fraction of sp³-hybridized carbons (Fsp3) is 0.143. The van der Waals surface area contributed by atoms with Gasteiger partial charge in [-0.2, -0.15) is 4.73 Å².